The summed E-state index contributed by atoms with van der Waals surface area (Å²) in [4.78, 5) is 4.19. The minimum Gasteiger partial charge on any atom is -0.494 e. The zero-order chi connectivity index (χ0) is 13.7. The highest BCUT2D eigenvalue weighted by molar-refractivity contribution is 5.42. The van der Waals surface area contributed by atoms with Gasteiger partial charge in [0.2, 0.25) is 0 Å². The molecule has 0 saturated carbocycles. The fraction of sp³-hybridized carbons (Fsp3) is 0.200. The van der Waals surface area contributed by atoms with Gasteiger partial charge in [0.1, 0.15) is 18.4 Å². The summed E-state index contributed by atoms with van der Waals surface area (Å²) in [5, 5.41) is 8.99. The van der Waals surface area contributed by atoms with E-state index in [4.69, 9.17) is 14.7 Å². The summed E-state index contributed by atoms with van der Waals surface area (Å²) >= 11 is 0. The number of hydrogen-bond acceptors (Lipinski definition) is 4. The highest BCUT2D eigenvalue weighted by atomic mass is 16.5. The van der Waals surface area contributed by atoms with E-state index >= 15 is 0 Å². The van der Waals surface area contributed by atoms with Crippen molar-refractivity contribution >= 4 is 0 Å². The molecule has 0 atom stereocenters. The number of nitrogens with zero attached hydrogens (tertiary/aromatic N) is 2. The average Bonchev–Trinajstić information content (AvgIpc) is 2.46. The SMILES string of the molecule is COc1cnc(COc2ccc(C)cc2)cc1C#N. The summed E-state index contributed by atoms with van der Waals surface area (Å²) in [5.41, 5.74) is 2.33. The minimum atomic E-state index is 0.321. The van der Waals surface area contributed by atoms with Crippen LogP contribution in [0, 0.1) is 18.3 Å². The summed E-state index contributed by atoms with van der Waals surface area (Å²) in [7, 11) is 1.51. The third-order valence-electron chi connectivity index (χ3n) is 2.67. The Morgan fingerprint density at radius 1 is 1.26 bits per heavy atom. The van der Waals surface area contributed by atoms with E-state index in [-0.39, 0.29) is 0 Å². The quantitative estimate of drug-likeness (QED) is 0.841. The number of methoxy groups -OCH3 is 1. The zero-order valence-electron chi connectivity index (χ0n) is 10.9. The highest BCUT2D eigenvalue weighted by Gasteiger charge is 2.05. The summed E-state index contributed by atoms with van der Waals surface area (Å²) in [6.07, 6.45) is 1.53. The smallest absolute Gasteiger partial charge is 0.154 e. The summed E-state index contributed by atoms with van der Waals surface area (Å²) < 4.78 is 10.6. The second-order valence-corrected chi connectivity index (χ2v) is 4.09. The molecule has 2 aromatic rings. The second-order valence-electron chi connectivity index (χ2n) is 4.09. The molecule has 0 amide bonds. The zero-order valence-corrected chi connectivity index (χ0v) is 10.9. The average molecular weight is 254 g/mol. The maximum absolute atomic E-state index is 8.99. The maximum Gasteiger partial charge on any atom is 0.154 e. The Kier molecular flexibility index (Phi) is 3.99. The van der Waals surface area contributed by atoms with E-state index in [1.807, 2.05) is 31.2 Å². The lowest BCUT2D eigenvalue weighted by molar-refractivity contribution is 0.300. The van der Waals surface area contributed by atoms with Gasteiger partial charge in [0.05, 0.1) is 24.6 Å². The van der Waals surface area contributed by atoms with Gasteiger partial charge < -0.3 is 9.47 Å². The minimum absolute atomic E-state index is 0.321. The Balaban J connectivity index is 2.08. The van der Waals surface area contributed by atoms with Gasteiger partial charge in [-0.15, -0.1) is 0 Å². The van der Waals surface area contributed by atoms with Crippen LogP contribution in [0.25, 0.3) is 0 Å². The first kappa shape index (κ1) is 12.9. The van der Waals surface area contributed by atoms with E-state index in [0.717, 1.165) is 5.75 Å². The predicted molar refractivity (Wildman–Crippen MR) is 71.0 cm³/mol. The van der Waals surface area contributed by atoms with Crippen molar-refractivity contribution in [2.75, 3.05) is 7.11 Å². The molecule has 1 aromatic carbocycles. The Bertz CT molecular complexity index is 601. The summed E-state index contributed by atoms with van der Waals surface area (Å²) in [5.74, 6) is 1.25. The number of hydrogen-bond donors (Lipinski definition) is 0. The Morgan fingerprint density at radius 2 is 2.00 bits per heavy atom. The molecule has 0 aliphatic carbocycles. The molecule has 0 saturated heterocycles. The molecule has 19 heavy (non-hydrogen) atoms. The van der Waals surface area contributed by atoms with Gasteiger partial charge in [-0.3, -0.25) is 4.98 Å². The van der Waals surface area contributed by atoms with Crippen LogP contribution in [0.2, 0.25) is 0 Å². The van der Waals surface area contributed by atoms with Crippen LogP contribution in [0.5, 0.6) is 11.5 Å². The first-order valence-electron chi connectivity index (χ1n) is 5.85. The number of nitriles is 1. The van der Waals surface area contributed by atoms with E-state index in [1.54, 1.807) is 6.07 Å². The van der Waals surface area contributed by atoms with Crippen LogP contribution in [-0.4, -0.2) is 12.1 Å². The molecule has 4 heteroatoms. The standard InChI is InChI=1S/C15H14N2O2/c1-11-3-5-14(6-4-11)19-10-13-7-12(8-16)15(18-2)9-17-13/h3-7,9H,10H2,1-2H3. The fourth-order valence-corrected chi connectivity index (χ4v) is 1.61. The van der Waals surface area contributed by atoms with Gasteiger partial charge in [-0.25, -0.2) is 0 Å². The molecule has 0 spiro atoms. The summed E-state index contributed by atoms with van der Waals surface area (Å²) in [6.45, 7) is 2.34. The number of pyridine rings is 1. The van der Waals surface area contributed by atoms with Crippen molar-refractivity contribution in [2.24, 2.45) is 0 Å². The molecule has 2 rings (SSSR count). The molecule has 0 fully saturated rings. The van der Waals surface area contributed by atoms with Gasteiger partial charge in [-0.1, -0.05) is 17.7 Å². The van der Waals surface area contributed by atoms with Crippen molar-refractivity contribution < 1.29 is 9.47 Å². The van der Waals surface area contributed by atoms with Gasteiger partial charge in [-0.2, -0.15) is 5.26 Å². The van der Waals surface area contributed by atoms with Crippen LogP contribution in [0.3, 0.4) is 0 Å². The van der Waals surface area contributed by atoms with Crippen LogP contribution in [0.4, 0.5) is 0 Å². The molecule has 0 N–H and O–H groups in total. The Morgan fingerprint density at radius 3 is 2.63 bits per heavy atom. The van der Waals surface area contributed by atoms with E-state index in [0.29, 0.717) is 23.6 Å². The monoisotopic (exact) mass is 254 g/mol. The number of rotatable bonds is 4. The van der Waals surface area contributed by atoms with Gasteiger partial charge in [-0.05, 0) is 25.1 Å². The molecule has 0 aliphatic rings. The lowest BCUT2D eigenvalue weighted by Crippen LogP contribution is -2.00. The maximum atomic E-state index is 8.99. The third-order valence-corrected chi connectivity index (χ3v) is 2.67. The lowest BCUT2D eigenvalue weighted by atomic mass is 10.2. The van der Waals surface area contributed by atoms with Crippen LogP contribution in [0.15, 0.2) is 36.5 Å². The van der Waals surface area contributed by atoms with Gasteiger partial charge in [0.15, 0.2) is 5.75 Å². The van der Waals surface area contributed by atoms with Crippen LogP contribution in [0.1, 0.15) is 16.8 Å². The summed E-state index contributed by atoms with van der Waals surface area (Å²) in [6, 6.07) is 11.5. The molecule has 1 aromatic heterocycles. The van der Waals surface area contributed by atoms with Crippen LogP contribution in [-0.2, 0) is 6.61 Å². The number of aryl methyl sites for hydroxylation is 1. The van der Waals surface area contributed by atoms with Crippen molar-refractivity contribution in [3.05, 3.63) is 53.3 Å². The molecular formula is C15H14N2O2. The molecule has 96 valence electrons. The van der Waals surface area contributed by atoms with Crippen molar-refractivity contribution in [3.63, 3.8) is 0 Å². The highest BCUT2D eigenvalue weighted by Crippen LogP contribution is 2.18. The predicted octanol–water partition coefficient (Wildman–Crippen LogP) is 2.85. The van der Waals surface area contributed by atoms with Crippen molar-refractivity contribution in [1.29, 1.82) is 5.26 Å². The first-order valence-corrected chi connectivity index (χ1v) is 5.85. The topological polar surface area (TPSA) is 55.1 Å². The molecular weight excluding hydrogens is 240 g/mol. The number of ether oxygens (including phenoxy) is 2. The van der Waals surface area contributed by atoms with E-state index in [2.05, 4.69) is 11.1 Å². The second kappa shape index (κ2) is 5.87. The Labute approximate surface area is 112 Å². The largest absolute Gasteiger partial charge is 0.494 e. The van der Waals surface area contributed by atoms with Crippen molar-refractivity contribution in [1.82, 2.24) is 4.98 Å². The number of aromatic nitrogens is 1. The van der Waals surface area contributed by atoms with E-state index < -0.39 is 0 Å². The normalized spacial score (nSPS) is 9.74. The van der Waals surface area contributed by atoms with Crippen LogP contribution < -0.4 is 9.47 Å². The van der Waals surface area contributed by atoms with Crippen LogP contribution >= 0.6 is 0 Å². The Hall–Kier alpha value is -2.54. The van der Waals surface area contributed by atoms with E-state index in [9.17, 15) is 0 Å². The van der Waals surface area contributed by atoms with Crippen molar-refractivity contribution in [2.45, 2.75) is 13.5 Å². The first-order chi connectivity index (χ1) is 9.22. The van der Waals surface area contributed by atoms with Gasteiger partial charge >= 0.3 is 0 Å². The molecule has 4 nitrogen and oxygen atoms in total. The molecule has 1 heterocycles. The number of benzene rings is 1. The van der Waals surface area contributed by atoms with Gasteiger partial charge in [0, 0.05) is 0 Å². The van der Waals surface area contributed by atoms with Crippen molar-refractivity contribution in [3.8, 4) is 17.6 Å². The van der Waals surface area contributed by atoms with Gasteiger partial charge in [0.25, 0.3) is 0 Å². The van der Waals surface area contributed by atoms with E-state index in [1.165, 1.54) is 18.9 Å². The lowest BCUT2D eigenvalue weighted by Gasteiger charge is -2.07. The fourth-order valence-electron chi connectivity index (χ4n) is 1.61. The third kappa shape index (κ3) is 3.23. The molecule has 0 unspecified atom stereocenters. The molecule has 0 radical (unpaired) electrons. The molecule has 0 bridgehead atoms. The molecule has 0 aliphatic heterocycles.